The predicted molar refractivity (Wildman–Crippen MR) is 120 cm³/mol. The molecule has 2 aromatic rings. The first-order valence-corrected chi connectivity index (χ1v) is 11.0. The van der Waals surface area contributed by atoms with Crippen LogP contribution in [0.2, 0.25) is 0 Å². The monoisotopic (exact) mass is 444 g/mol. The number of carbonyl (C=O) groups excluding carboxylic acids is 4. The van der Waals surface area contributed by atoms with E-state index in [1.54, 1.807) is 42.5 Å². The molecule has 1 aliphatic carbocycles. The van der Waals surface area contributed by atoms with Crippen molar-refractivity contribution in [3.8, 4) is 6.07 Å². The SMILES string of the molecule is N#CCC(=O)NCc1ccc(NC(=O)c2ccc3c(c2)C(=O)N(C2CCCCC2)C3=O)cc1. The van der Waals surface area contributed by atoms with Crippen LogP contribution in [0.5, 0.6) is 0 Å². The third-order valence-electron chi connectivity index (χ3n) is 6.06. The van der Waals surface area contributed by atoms with Gasteiger partial charge in [0, 0.05) is 23.8 Å². The Morgan fingerprint density at radius 1 is 0.970 bits per heavy atom. The average Bonchev–Trinajstić information content (AvgIpc) is 3.08. The Labute approximate surface area is 191 Å². The van der Waals surface area contributed by atoms with Gasteiger partial charge in [0.05, 0.1) is 17.2 Å². The normalized spacial score (nSPS) is 15.7. The van der Waals surface area contributed by atoms with Gasteiger partial charge in [0.25, 0.3) is 17.7 Å². The molecule has 0 spiro atoms. The molecule has 8 nitrogen and oxygen atoms in total. The molecule has 8 heteroatoms. The highest BCUT2D eigenvalue weighted by molar-refractivity contribution is 6.22. The predicted octanol–water partition coefficient (Wildman–Crippen LogP) is 3.40. The molecular formula is C25H24N4O4. The van der Waals surface area contributed by atoms with Gasteiger partial charge in [-0.1, -0.05) is 31.4 Å². The van der Waals surface area contributed by atoms with Gasteiger partial charge >= 0.3 is 0 Å². The van der Waals surface area contributed by atoms with Gasteiger partial charge in [-0.3, -0.25) is 24.1 Å². The minimum absolute atomic E-state index is 0.0633. The van der Waals surface area contributed by atoms with E-state index in [0.29, 0.717) is 16.8 Å². The lowest BCUT2D eigenvalue weighted by Gasteiger charge is -2.29. The Balaban J connectivity index is 1.42. The van der Waals surface area contributed by atoms with E-state index in [2.05, 4.69) is 10.6 Å². The van der Waals surface area contributed by atoms with Crippen LogP contribution in [-0.4, -0.2) is 34.6 Å². The first kappa shape index (κ1) is 22.2. The van der Waals surface area contributed by atoms with Gasteiger partial charge in [0.2, 0.25) is 5.91 Å². The molecule has 2 aromatic carbocycles. The Morgan fingerprint density at radius 2 is 1.67 bits per heavy atom. The summed E-state index contributed by atoms with van der Waals surface area (Å²) >= 11 is 0. The van der Waals surface area contributed by atoms with Crippen LogP contribution in [0.3, 0.4) is 0 Å². The lowest BCUT2D eigenvalue weighted by molar-refractivity contribution is -0.120. The fourth-order valence-electron chi connectivity index (χ4n) is 4.32. The topological polar surface area (TPSA) is 119 Å². The van der Waals surface area contributed by atoms with Crippen LogP contribution in [0.1, 0.15) is 75.2 Å². The standard InChI is InChI=1S/C25H24N4O4/c26-13-12-22(30)27-15-16-6-9-18(10-7-16)28-23(31)17-8-11-20-21(14-17)25(33)29(24(20)32)19-4-2-1-3-5-19/h6-11,14,19H,1-5,12,15H2,(H,27,30)(H,28,31). The van der Waals surface area contributed by atoms with E-state index in [0.717, 1.165) is 37.7 Å². The fourth-order valence-corrected chi connectivity index (χ4v) is 4.32. The van der Waals surface area contributed by atoms with Crippen LogP contribution in [0.25, 0.3) is 0 Å². The number of anilines is 1. The zero-order valence-electron chi connectivity index (χ0n) is 18.1. The summed E-state index contributed by atoms with van der Waals surface area (Å²) in [6.07, 6.45) is 4.61. The number of nitrogens with zero attached hydrogens (tertiary/aromatic N) is 2. The van der Waals surface area contributed by atoms with Crippen molar-refractivity contribution in [2.75, 3.05) is 5.32 Å². The van der Waals surface area contributed by atoms with Crippen LogP contribution in [0, 0.1) is 11.3 Å². The van der Waals surface area contributed by atoms with E-state index in [1.807, 2.05) is 0 Å². The molecule has 1 saturated carbocycles. The van der Waals surface area contributed by atoms with E-state index in [-0.39, 0.29) is 48.2 Å². The molecule has 1 fully saturated rings. The largest absolute Gasteiger partial charge is 0.351 e. The Bertz CT molecular complexity index is 1140. The van der Waals surface area contributed by atoms with Crippen molar-refractivity contribution in [1.82, 2.24) is 10.2 Å². The molecule has 2 N–H and O–H groups in total. The van der Waals surface area contributed by atoms with Crippen LogP contribution < -0.4 is 10.6 Å². The summed E-state index contributed by atoms with van der Waals surface area (Å²) in [5, 5.41) is 13.9. The molecule has 0 unspecified atom stereocenters. The van der Waals surface area contributed by atoms with E-state index in [1.165, 1.54) is 11.0 Å². The molecule has 0 bridgehead atoms. The number of nitriles is 1. The van der Waals surface area contributed by atoms with Crippen LogP contribution in [-0.2, 0) is 11.3 Å². The van der Waals surface area contributed by atoms with Crippen molar-refractivity contribution < 1.29 is 19.2 Å². The van der Waals surface area contributed by atoms with Gasteiger partial charge in [-0.05, 0) is 48.7 Å². The van der Waals surface area contributed by atoms with E-state index in [4.69, 9.17) is 5.26 Å². The molecule has 0 atom stereocenters. The number of benzene rings is 2. The second kappa shape index (κ2) is 9.65. The van der Waals surface area contributed by atoms with Crippen molar-refractivity contribution in [1.29, 1.82) is 5.26 Å². The van der Waals surface area contributed by atoms with Crippen molar-refractivity contribution in [2.24, 2.45) is 0 Å². The first-order chi connectivity index (χ1) is 16.0. The van der Waals surface area contributed by atoms with E-state index >= 15 is 0 Å². The molecule has 4 amide bonds. The molecule has 1 aliphatic heterocycles. The minimum atomic E-state index is -0.385. The summed E-state index contributed by atoms with van der Waals surface area (Å²) in [5.41, 5.74) is 2.31. The number of rotatable bonds is 6. The summed E-state index contributed by atoms with van der Waals surface area (Å²) < 4.78 is 0. The second-order valence-electron chi connectivity index (χ2n) is 8.30. The molecule has 1 heterocycles. The number of nitrogens with one attached hydrogen (secondary N) is 2. The molecule has 4 rings (SSSR count). The van der Waals surface area contributed by atoms with Crippen molar-refractivity contribution in [3.05, 3.63) is 64.7 Å². The average molecular weight is 444 g/mol. The Hall–Kier alpha value is -3.99. The zero-order chi connectivity index (χ0) is 23.4. The highest BCUT2D eigenvalue weighted by atomic mass is 16.2. The number of fused-ring (bicyclic) bond motifs is 1. The molecular weight excluding hydrogens is 420 g/mol. The Morgan fingerprint density at radius 3 is 2.36 bits per heavy atom. The highest BCUT2D eigenvalue weighted by Gasteiger charge is 2.40. The van der Waals surface area contributed by atoms with Crippen molar-refractivity contribution in [3.63, 3.8) is 0 Å². The molecule has 0 radical (unpaired) electrons. The first-order valence-electron chi connectivity index (χ1n) is 11.0. The molecule has 168 valence electrons. The van der Waals surface area contributed by atoms with Crippen molar-refractivity contribution >= 4 is 29.3 Å². The quantitative estimate of drug-likeness (QED) is 0.662. The third-order valence-corrected chi connectivity index (χ3v) is 6.06. The summed E-state index contributed by atoms with van der Waals surface area (Å²) in [6, 6.07) is 13.3. The number of imide groups is 1. The number of carbonyl (C=O) groups is 4. The maximum Gasteiger partial charge on any atom is 0.261 e. The molecule has 0 saturated heterocycles. The van der Waals surface area contributed by atoms with Crippen LogP contribution >= 0.6 is 0 Å². The summed E-state index contributed by atoms with van der Waals surface area (Å²) in [4.78, 5) is 51.3. The number of hydrogen-bond donors (Lipinski definition) is 2. The van der Waals surface area contributed by atoms with Crippen LogP contribution in [0.4, 0.5) is 5.69 Å². The van der Waals surface area contributed by atoms with Crippen molar-refractivity contribution in [2.45, 2.75) is 51.1 Å². The van der Waals surface area contributed by atoms with Crippen LogP contribution in [0.15, 0.2) is 42.5 Å². The molecule has 0 aromatic heterocycles. The second-order valence-corrected chi connectivity index (χ2v) is 8.30. The molecule has 2 aliphatic rings. The summed E-state index contributed by atoms with van der Waals surface area (Å²) in [5.74, 6) is -1.32. The van der Waals surface area contributed by atoms with Gasteiger partial charge in [-0.2, -0.15) is 5.26 Å². The summed E-state index contributed by atoms with van der Waals surface area (Å²) in [6.45, 7) is 0.285. The number of hydrogen-bond acceptors (Lipinski definition) is 5. The fraction of sp³-hybridized carbons (Fsp3) is 0.320. The lowest BCUT2D eigenvalue weighted by Crippen LogP contribution is -2.40. The Kier molecular flexibility index (Phi) is 6.50. The van der Waals surface area contributed by atoms with Gasteiger partial charge < -0.3 is 10.6 Å². The summed E-state index contributed by atoms with van der Waals surface area (Å²) in [7, 11) is 0. The third kappa shape index (κ3) is 4.77. The smallest absolute Gasteiger partial charge is 0.261 e. The maximum absolute atomic E-state index is 13.0. The van der Waals surface area contributed by atoms with Gasteiger partial charge in [0.15, 0.2) is 0 Å². The van der Waals surface area contributed by atoms with E-state index < -0.39 is 0 Å². The lowest BCUT2D eigenvalue weighted by atomic mass is 9.94. The molecule has 33 heavy (non-hydrogen) atoms. The number of amides is 4. The van der Waals surface area contributed by atoms with Gasteiger partial charge in [-0.25, -0.2) is 0 Å². The maximum atomic E-state index is 13.0. The van der Waals surface area contributed by atoms with E-state index in [9.17, 15) is 19.2 Å². The van der Waals surface area contributed by atoms with Gasteiger partial charge in [-0.15, -0.1) is 0 Å². The van der Waals surface area contributed by atoms with Gasteiger partial charge in [0.1, 0.15) is 6.42 Å². The minimum Gasteiger partial charge on any atom is -0.351 e. The zero-order valence-corrected chi connectivity index (χ0v) is 18.1. The highest BCUT2D eigenvalue weighted by Crippen LogP contribution is 2.31.